The van der Waals surface area contributed by atoms with E-state index in [2.05, 4.69) is 5.32 Å². The molecule has 5 nitrogen and oxygen atoms in total. The molecule has 2 aliphatic heterocycles. The first kappa shape index (κ1) is 14.7. The van der Waals surface area contributed by atoms with Crippen LogP contribution in [-0.2, 0) is 9.59 Å². The molecule has 0 radical (unpaired) electrons. The lowest BCUT2D eigenvalue weighted by Crippen LogP contribution is -2.55. The molecule has 1 N–H and O–H groups in total. The fourth-order valence-corrected chi connectivity index (χ4v) is 3.52. The maximum absolute atomic E-state index is 12.5. The highest BCUT2D eigenvalue weighted by atomic mass is 32.2. The first-order valence-corrected chi connectivity index (χ1v) is 7.95. The highest BCUT2D eigenvalue weighted by molar-refractivity contribution is 7.99. The standard InChI is InChI=1S/C13H23N3O2S/c1-13(2,3)12(18)16-9-19-8-10(16)11(17)15-6-4-14-5-7-15/h10,14H,4-9H2,1-3H3. The van der Waals surface area contributed by atoms with Gasteiger partial charge in [0.25, 0.3) is 0 Å². The minimum atomic E-state index is -0.424. The fraction of sp³-hybridized carbons (Fsp3) is 0.846. The number of carbonyl (C=O) groups is 2. The van der Waals surface area contributed by atoms with E-state index in [0.29, 0.717) is 5.88 Å². The predicted octanol–water partition coefficient (Wildman–Crippen LogP) is 0.366. The molecular weight excluding hydrogens is 262 g/mol. The zero-order valence-electron chi connectivity index (χ0n) is 11.9. The van der Waals surface area contributed by atoms with Gasteiger partial charge in [-0.2, -0.15) is 0 Å². The predicted molar refractivity (Wildman–Crippen MR) is 76.9 cm³/mol. The normalized spacial score (nSPS) is 24.7. The van der Waals surface area contributed by atoms with Crippen molar-refractivity contribution < 1.29 is 9.59 Å². The largest absolute Gasteiger partial charge is 0.338 e. The van der Waals surface area contributed by atoms with Crippen LogP contribution in [0.3, 0.4) is 0 Å². The van der Waals surface area contributed by atoms with Crippen LogP contribution in [0, 0.1) is 5.41 Å². The van der Waals surface area contributed by atoms with Crippen molar-refractivity contribution in [1.82, 2.24) is 15.1 Å². The lowest BCUT2D eigenvalue weighted by Gasteiger charge is -2.34. The smallest absolute Gasteiger partial charge is 0.246 e. The molecule has 0 aromatic heterocycles. The van der Waals surface area contributed by atoms with Crippen molar-refractivity contribution in [1.29, 1.82) is 0 Å². The molecule has 2 rings (SSSR count). The van der Waals surface area contributed by atoms with Gasteiger partial charge in [-0.25, -0.2) is 0 Å². The SMILES string of the molecule is CC(C)(C)C(=O)N1CSCC1C(=O)N1CCNCC1. The van der Waals surface area contributed by atoms with Crippen LogP contribution in [0.5, 0.6) is 0 Å². The Morgan fingerprint density at radius 3 is 2.42 bits per heavy atom. The quantitative estimate of drug-likeness (QED) is 0.756. The molecule has 0 spiro atoms. The third-order valence-electron chi connectivity index (χ3n) is 3.50. The van der Waals surface area contributed by atoms with E-state index in [-0.39, 0.29) is 17.9 Å². The zero-order chi connectivity index (χ0) is 14.0. The minimum absolute atomic E-state index is 0.0750. The number of piperazine rings is 1. The summed E-state index contributed by atoms with van der Waals surface area (Å²) < 4.78 is 0. The van der Waals surface area contributed by atoms with Crippen molar-refractivity contribution in [2.45, 2.75) is 26.8 Å². The Hall–Kier alpha value is -0.750. The number of rotatable bonds is 1. The van der Waals surface area contributed by atoms with Gasteiger partial charge in [-0.05, 0) is 0 Å². The van der Waals surface area contributed by atoms with E-state index in [4.69, 9.17) is 0 Å². The second-order valence-electron chi connectivity index (χ2n) is 6.12. The topological polar surface area (TPSA) is 52.7 Å². The van der Waals surface area contributed by atoms with Gasteiger partial charge in [-0.1, -0.05) is 20.8 Å². The summed E-state index contributed by atoms with van der Waals surface area (Å²) >= 11 is 1.67. The second-order valence-corrected chi connectivity index (χ2v) is 7.12. The number of hydrogen-bond acceptors (Lipinski definition) is 4. The summed E-state index contributed by atoms with van der Waals surface area (Å²) in [6.07, 6.45) is 0. The second kappa shape index (κ2) is 5.71. The summed E-state index contributed by atoms with van der Waals surface area (Å²) in [5.74, 6) is 1.55. The van der Waals surface area contributed by atoms with Crippen LogP contribution in [0.15, 0.2) is 0 Å². The Morgan fingerprint density at radius 2 is 1.84 bits per heavy atom. The van der Waals surface area contributed by atoms with Crippen LogP contribution in [0.2, 0.25) is 0 Å². The molecule has 2 saturated heterocycles. The number of nitrogens with one attached hydrogen (secondary N) is 1. The highest BCUT2D eigenvalue weighted by Crippen LogP contribution is 2.28. The van der Waals surface area contributed by atoms with E-state index < -0.39 is 5.41 Å². The van der Waals surface area contributed by atoms with Crippen LogP contribution >= 0.6 is 11.8 Å². The van der Waals surface area contributed by atoms with Crippen molar-refractivity contribution in [3.05, 3.63) is 0 Å². The molecular formula is C13H23N3O2S. The number of nitrogens with zero attached hydrogens (tertiary/aromatic N) is 2. The van der Waals surface area contributed by atoms with E-state index in [1.807, 2.05) is 25.7 Å². The van der Waals surface area contributed by atoms with Gasteiger partial charge in [-0.15, -0.1) is 11.8 Å². The van der Waals surface area contributed by atoms with Crippen molar-refractivity contribution >= 4 is 23.6 Å². The van der Waals surface area contributed by atoms with Gasteiger partial charge >= 0.3 is 0 Å². The van der Waals surface area contributed by atoms with Crippen LogP contribution in [0.1, 0.15) is 20.8 Å². The molecule has 2 fully saturated rings. The van der Waals surface area contributed by atoms with Crippen LogP contribution < -0.4 is 5.32 Å². The molecule has 108 valence electrons. The summed E-state index contributed by atoms with van der Waals surface area (Å²) in [5.41, 5.74) is -0.424. The van der Waals surface area contributed by atoms with Crippen molar-refractivity contribution in [2.24, 2.45) is 5.41 Å². The molecule has 0 saturated carbocycles. The Labute approximate surface area is 119 Å². The average Bonchev–Trinajstić information content (AvgIpc) is 2.85. The fourth-order valence-electron chi connectivity index (χ4n) is 2.37. The Bertz CT molecular complexity index is 361. The molecule has 0 aromatic carbocycles. The van der Waals surface area contributed by atoms with Crippen molar-refractivity contribution in [3.8, 4) is 0 Å². The molecule has 2 heterocycles. The lowest BCUT2D eigenvalue weighted by molar-refractivity contribution is -0.148. The van der Waals surface area contributed by atoms with E-state index in [1.165, 1.54) is 0 Å². The zero-order valence-corrected chi connectivity index (χ0v) is 12.8. The first-order chi connectivity index (χ1) is 8.91. The van der Waals surface area contributed by atoms with Crippen LogP contribution in [0.25, 0.3) is 0 Å². The molecule has 1 atom stereocenters. The summed E-state index contributed by atoms with van der Waals surface area (Å²) in [6, 6.07) is -0.269. The molecule has 2 amide bonds. The summed E-state index contributed by atoms with van der Waals surface area (Å²) in [7, 11) is 0. The van der Waals surface area contributed by atoms with Gasteiger partial charge in [0.05, 0.1) is 5.88 Å². The number of amides is 2. The number of thioether (sulfide) groups is 1. The monoisotopic (exact) mass is 285 g/mol. The summed E-state index contributed by atoms with van der Waals surface area (Å²) in [6.45, 7) is 8.91. The molecule has 19 heavy (non-hydrogen) atoms. The van der Waals surface area contributed by atoms with E-state index in [0.717, 1.165) is 31.9 Å². The summed E-state index contributed by atoms with van der Waals surface area (Å²) in [5, 5.41) is 3.24. The molecule has 6 heteroatoms. The Morgan fingerprint density at radius 1 is 1.21 bits per heavy atom. The van der Waals surface area contributed by atoms with Gasteiger partial charge in [0, 0.05) is 37.3 Å². The van der Waals surface area contributed by atoms with E-state index in [9.17, 15) is 9.59 Å². The van der Waals surface area contributed by atoms with E-state index >= 15 is 0 Å². The van der Waals surface area contributed by atoms with Crippen LogP contribution in [0.4, 0.5) is 0 Å². The van der Waals surface area contributed by atoms with Crippen molar-refractivity contribution in [3.63, 3.8) is 0 Å². The summed E-state index contributed by atoms with van der Waals surface area (Å²) in [4.78, 5) is 28.6. The maximum Gasteiger partial charge on any atom is 0.246 e. The first-order valence-electron chi connectivity index (χ1n) is 6.79. The molecule has 0 aliphatic carbocycles. The van der Waals surface area contributed by atoms with Gasteiger partial charge < -0.3 is 15.1 Å². The van der Waals surface area contributed by atoms with E-state index in [1.54, 1.807) is 16.7 Å². The number of hydrogen-bond donors (Lipinski definition) is 1. The maximum atomic E-state index is 12.5. The molecule has 0 aromatic rings. The Kier molecular flexibility index (Phi) is 4.40. The molecule has 1 unspecified atom stereocenters. The minimum Gasteiger partial charge on any atom is -0.338 e. The third-order valence-corrected chi connectivity index (χ3v) is 4.51. The number of carbonyl (C=O) groups excluding carboxylic acids is 2. The van der Waals surface area contributed by atoms with Crippen LogP contribution in [-0.4, -0.2) is 65.5 Å². The Balaban J connectivity index is 2.05. The van der Waals surface area contributed by atoms with Gasteiger partial charge in [0.2, 0.25) is 11.8 Å². The highest BCUT2D eigenvalue weighted by Gasteiger charge is 2.40. The average molecular weight is 285 g/mol. The van der Waals surface area contributed by atoms with Crippen molar-refractivity contribution in [2.75, 3.05) is 37.8 Å². The third kappa shape index (κ3) is 3.23. The van der Waals surface area contributed by atoms with Gasteiger partial charge in [0.1, 0.15) is 6.04 Å². The molecule has 0 bridgehead atoms. The van der Waals surface area contributed by atoms with Gasteiger partial charge in [-0.3, -0.25) is 9.59 Å². The van der Waals surface area contributed by atoms with Gasteiger partial charge in [0.15, 0.2) is 0 Å². The molecule has 2 aliphatic rings. The lowest BCUT2D eigenvalue weighted by atomic mass is 9.94.